The molecule has 0 spiro atoms. The smallest absolute Gasteiger partial charge is 0.356 e. The molecule has 2 aromatic rings. The lowest BCUT2D eigenvalue weighted by Crippen LogP contribution is -2.48. The highest BCUT2D eigenvalue weighted by molar-refractivity contribution is 7.11. The standard InChI is InChI=1S/C19H23F3N4S/c1-13-10-24-16(27-13)11-25-17(23-2)26-12-18(7-4-8-18)14-5-3-6-15(9-14)19(20,21)22/h3,5-6,9-10H,4,7-8,11-12H2,1-2H3,(H2,23,25,26). The summed E-state index contributed by atoms with van der Waals surface area (Å²) in [6.45, 7) is 3.11. The molecule has 0 saturated heterocycles. The van der Waals surface area contributed by atoms with Crippen molar-refractivity contribution in [1.29, 1.82) is 0 Å². The molecule has 1 aliphatic carbocycles. The van der Waals surface area contributed by atoms with Crippen molar-refractivity contribution in [3.05, 3.63) is 51.5 Å². The number of aliphatic imine (C=N–C) groups is 1. The van der Waals surface area contributed by atoms with Crippen LogP contribution in [-0.2, 0) is 18.1 Å². The third kappa shape index (κ3) is 4.61. The summed E-state index contributed by atoms with van der Waals surface area (Å²) >= 11 is 1.62. The molecular weight excluding hydrogens is 373 g/mol. The molecule has 4 nitrogen and oxygen atoms in total. The Morgan fingerprint density at radius 2 is 2.07 bits per heavy atom. The Bertz CT molecular complexity index is 809. The summed E-state index contributed by atoms with van der Waals surface area (Å²) < 4.78 is 39.2. The Morgan fingerprint density at radius 3 is 2.63 bits per heavy atom. The summed E-state index contributed by atoms with van der Waals surface area (Å²) in [5.41, 5.74) is -0.133. The topological polar surface area (TPSA) is 49.3 Å². The minimum absolute atomic E-state index is 0.281. The predicted octanol–water partition coefficient (Wildman–Crippen LogP) is 4.26. The van der Waals surface area contributed by atoms with Crippen LogP contribution in [0.15, 0.2) is 35.5 Å². The highest BCUT2D eigenvalue weighted by atomic mass is 32.1. The van der Waals surface area contributed by atoms with Crippen molar-refractivity contribution >= 4 is 17.3 Å². The lowest BCUT2D eigenvalue weighted by Gasteiger charge is -2.43. The fourth-order valence-corrected chi connectivity index (χ4v) is 4.04. The highest BCUT2D eigenvalue weighted by Crippen LogP contribution is 2.44. The Morgan fingerprint density at radius 1 is 1.30 bits per heavy atom. The van der Waals surface area contributed by atoms with Crippen molar-refractivity contribution in [2.24, 2.45) is 4.99 Å². The number of hydrogen-bond acceptors (Lipinski definition) is 3. The lowest BCUT2D eigenvalue weighted by molar-refractivity contribution is -0.137. The fourth-order valence-electron chi connectivity index (χ4n) is 3.31. The summed E-state index contributed by atoms with van der Waals surface area (Å²) in [7, 11) is 1.68. The second-order valence-corrected chi connectivity index (χ2v) is 8.18. The molecule has 8 heteroatoms. The number of nitrogens with one attached hydrogen (secondary N) is 2. The first-order chi connectivity index (χ1) is 12.8. The number of halogens is 3. The van der Waals surface area contributed by atoms with Crippen molar-refractivity contribution in [1.82, 2.24) is 15.6 Å². The summed E-state index contributed by atoms with van der Waals surface area (Å²) in [6, 6.07) is 5.70. The predicted molar refractivity (Wildman–Crippen MR) is 102 cm³/mol. The zero-order valence-corrected chi connectivity index (χ0v) is 16.2. The van der Waals surface area contributed by atoms with E-state index in [-0.39, 0.29) is 5.41 Å². The Hall–Kier alpha value is -2.09. The third-order valence-electron chi connectivity index (χ3n) is 5.01. The summed E-state index contributed by atoms with van der Waals surface area (Å²) in [5.74, 6) is 0.626. The number of aryl methyl sites for hydroxylation is 1. The van der Waals surface area contributed by atoms with E-state index in [1.807, 2.05) is 13.1 Å². The van der Waals surface area contributed by atoms with Gasteiger partial charge in [0.1, 0.15) is 5.01 Å². The molecule has 2 N–H and O–H groups in total. The van der Waals surface area contributed by atoms with Gasteiger partial charge in [-0.15, -0.1) is 11.3 Å². The highest BCUT2D eigenvalue weighted by Gasteiger charge is 2.40. The van der Waals surface area contributed by atoms with Crippen molar-refractivity contribution in [2.45, 2.75) is 44.3 Å². The van der Waals surface area contributed by atoms with Crippen LogP contribution in [0.5, 0.6) is 0 Å². The number of benzene rings is 1. The molecule has 146 valence electrons. The van der Waals surface area contributed by atoms with Gasteiger partial charge in [0.25, 0.3) is 0 Å². The van der Waals surface area contributed by atoms with Crippen LogP contribution in [0.3, 0.4) is 0 Å². The first-order valence-electron chi connectivity index (χ1n) is 8.86. The van der Waals surface area contributed by atoms with Gasteiger partial charge in [0.2, 0.25) is 0 Å². The van der Waals surface area contributed by atoms with Gasteiger partial charge in [-0.3, -0.25) is 4.99 Å². The van der Waals surface area contributed by atoms with E-state index in [0.717, 1.165) is 40.8 Å². The van der Waals surface area contributed by atoms with Gasteiger partial charge in [0.15, 0.2) is 5.96 Å². The van der Waals surface area contributed by atoms with Gasteiger partial charge < -0.3 is 10.6 Å². The molecule has 1 heterocycles. The molecule has 27 heavy (non-hydrogen) atoms. The fraction of sp³-hybridized carbons (Fsp3) is 0.474. The number of aromatic nitrogens is 1. The van der Waals surface area contributed by atoms with Crippen LogP contribution in [0.25, 0.3) is 0 Å². The first-order valence-corrected chi connectivity index (χ1v) is 9.68. The maximum atomic E-state index is 13.1. The van der Waals surface area contributed by atoms with E-state index in [1.165, 1.54) is 12.1 Å². The molecular formula is C19H23F3N4S. The van der Waals surface area contributed by atoms with Gasteiger partial charge in [-0.2, -0.15) is 13.2 Å². The van der Waals surface area contributed by atoms with Crippen LogP contribution in [0, 0.1) is 6.92 Å². The minimum atomic E-state index is -4.32. The molecule has 1 saturated carbocycles. The lowest BCUT2D eigenvalue weighted by atomic mass is 9.64. The minimum Gasteiger partial charge on any atom is -0.356 e. The number of nitrogens with zero attached hydrogens (tertiary/aromatic N) is 2. The molecule has 3 rings (SSSR count). The maximum absolute atomic E-state index is 13.1. The number of guanidine groups is 1. The average molecular weight is 396 g/mol. The van der Waals surface area contributed by atoms with E-state index < -0.39 is 11.7 Å². The molecule has 0 unspecified atom stereocenters. The second kappa shape index (κ2) is 7.88. The molecule has 1 aliphatic rings. The van der Waals surface area contributed by atoms with Gasteiger partial charge in [-0.05, 0) is 31.4 Å². The van der Waals surface area contributed by atoms with E-state index in [1.54, 1.807) is 24.5 Å². The van der Waals surface area contributed by atoms with Crippen LogP contribution in [0.4, 0.5) is 13.2 Å². The summed E-state index contributed by atoms with van der Waals surface area (Å²) in [5, 5.41) is 7.46. The van der Waals surface area contributed by atoms with E-state index in [2.05, 4.69) is 20.6 Å². The third-order valence-corrected chi connectivity index (χ3v) is 5.92. The van der Waals surface area contributed by atoms with Crippen molar-refractivity contribution in [2.75, 3.05) is 13.6 Å². The molecule has 1 fully saturated rings. The van der Waals surface area contributed by atoms with E-state index in [0.29, 0.717) is 19.0 Å². The molecule has 1 aromatic carbocycles. The van der Waals surface area contributed by atoms with Crippen LogP contribution < -0.4 is 10.6 Å². The van der Waals surface area contributed by atoms with Crippen molar-refractivity contribution in [3.63, 3.8) is 0 Å². The summed E-state index contributed by atoms with van der Waals surface area (Å²) in [4.78, 5) is 9.66. The molecule has 0 radical (unpaired) electrons. The van der Waals surface area contributed by atoms with E-state index in [9.17, 15) is 13.2 Å². The number of hydrogen-bond donors (Lipinski definition) is 2. The quantitative estimate of drug-likeness (QED) is 0.587. The monoisotopic (exact) mass is 396 g/mol. The summed E-state index contributed by atoms with van der Waals surface area (Å²) in [6.07, 6.45) is 0.253. The zero-order chi connectivity index (χ0) is 19.5. The number of rotatable bonds is 5. The van der Waals surface area contributed by atoms with Crippen LogP contribution in [0.2, 0.25) is 0 Å². The second-order valence-electron chi connectivity index (χ2n) is 6.86. The average Bonchev–Trinajstić information content (AvgIpc) is 3.01. The molecule has 0 bridgehead atoms. The van der Waals surface area contributed by atoms with Crippen molar-refractivity contribution < 1.29 is 13.2 Å². The molecule has 0 aliphatic heterocycles. The normalized spacial score (nSPS) is 16.7. The Kier molecular flexibility index (Phi) is 5.74. The SMILES string of the molecule is CN=C(NCc1ncc(C)s1)NCC1(c2cccc(C(F)(F)F)c2)CCC1. The molecule has 1 aromatic heterocycles. The Labute approximate surface area is 160 Å². The Balaban J connectivity index is 1.65. The van der Waals surface area contributed by atoms with Gasteiger partial charge >= 0.3 is 6.18 Å². The van der Waals surface area contributed by atoms with E-state index in [4.69, 9.17) is 0 Å². The van der Waals surface area contributed by atoms with Crippen LogP contribution >= 0.6 is 11.3 Å². The first kappa shape index (κ1) is 19.7. The number of alkyl halides is 3. The van der Waals surface area contributed by atoms with Gasteiger partial charge in [-0.1, -0.05) is 24.6 Å². The van der Waals surface area contributed by atoms with Gasteiger partial charge in [-0.25, -0.2) is 4.98 Å². The van der Waals surface area contributed by atoms with Crippen LogP contribution in [-0.4, -0.2) is 24.5 Å². The molecule has 0 amide bonds. The van der Waals surface area contributed by atoms with Gasteiger partial charge in [0, 0.05) is 30.1 Å². The number of thiazole rings is 1. The van der Waals surface area contributed by atoms with Gasteiger partial charge in [0.05, 0.1) is 12.1 Å². The van der Waals surface area contributed by atoms with Crippen molar-refractivity contribution in [3.8, 4) is 0 Å². The maximum Gasteiger partial charge on any atom is 0.416 e. The van der Waals surface area contributed by atoms with E-state index >= 15 is 0 Å². The largest absolute Gasteiger partial charge is 0.416 e. The van der Waals surface area contributed by atoms with Crippen LogP contribution in [0.1, 0.15) is 40.3 Å². The zero-order valence-electron chi connectivity index (χ0n) is 15.4. The molecule has 0 atom stereocenters.